The van der Waals surface area contributed by atoms with E-state index in [0.29, 0.717) is 11.8 Å². The molecule has 3 nitrogen and oxygen atoms in total. The minimum Gasteiger partial charge on any atom is -0.481 e. The van der Waals surface area contributed by atoms with E-state index >= 15 is 0 Å². The Balaban J connectivity index is 1.86. The average molecular weight is 212 g/mol. The van der Waals surface area contributed by atoms with Gasteiger partial charge in [-0.05, 0) is 50.4 Å². The molecule has 0 heterocycles. The topological polar surface area (TPSA) is 46.5 Å². The molecule has 2 rings (SSSR count). The molecular formula is C12H20O3. The summed E-state index contributed by atoms with van der Waals surface area (Å²) in [6.45, 7) is 0. The van der Waals surface area contributed by atoms with Gasteiger partial charge < -0.3 is 9.84 Å². The summed E-state index contributed by atoms with van der Waals surface area (Å²) in [5.41, 5.74) is 0.578. The predicted molar refractivity (Wildman–Crippen MR) is 56.7 cm³/mol. The largest absolute Gasteiger partial charge is 0.481 e. The molecule has 0 atom stereocenters. The van der Waals surface area contributed by atoms with Crippen molar-refractivity contribution in [2.75, 3.05) is 7.11 Å². The fourth-order valence-electron chi connectivity index (χ4n) is 3.50. The molecule has 2 saturated carbocycles. The molecule has 2 aliphatic rings. The van der Waals surface area contributed by atoms with Gasteiger partial charge in [-0.3, -0.25) is 4.79 Å². The zero-order valence-electron chi connectivity index (χ0n) is 9.42. The van der Waals surface area contributed by atoms with Crippen LogP contribution in [-0.4, -0.2) is 23.8 Å². The maximum Gasteiger partial charge on any atom is 0.303 e. The molecule has 15 heavy (non-hydrogen) atoms. The summed E-state index contributed by atoms with van der Waals surface area (Å²) in [6, 6.07) is 0. The van der Waals surface area contributed by atoms with Crippen molar-refractivity contribution in [2.45, 2.75) is 57.0 Å². The van der Waals surface area contributed by atoms with E-state index < -0.39 is 5.97 Å². The van der Waals surface area contributed by atoms with E-state index in [-0.39, 0.29) is 5.60 Å². The Bertz CT molecular complexity index is 252. The van der Waals surface area contributed by atoms with E-state index in [2.05, 4.69) is 0 Å². The van der Waals surface area contributed by atoms with E-state index in [1.807, 2.05) is 7.11 Å². The van der Waals surface area contributed by atoms with Crippen molar-refractivity contribution in [3.8, 4) is 0 Å². The zero-order valence-corrected chi connectivity index (χ0v) is 9.42. The van der Waals surface area contributed by atoms with Gasteiger partial charge in [0.15, 0.2) is 0 Å². The standard InChI is InChI=1S/C12H20O3/c1-15-12-7-5-11(9-12,6-8-12)4-2-3-10(13)14/h2-9H2,1H3,(H,13,14). The Hall–Kier alpha value is -0.570. The van der Waals surface area contributed by atoms with Crippen LogP contribution >= 0.6 is 0 Å². The molecule has 2 fully saturated rings. The van der Waals surface area contributed by atoms with Crippen molar-refractivity contribution in [1.29, 1.82) is 0 Å². The average Bonchev–Trinajstić information content (AvgIpc) is 2.74. The number of carboxylic acids is 1. The second kappa shape index (κ2) is 3.78. The van der Waals surface area contributed by atoms with Gasteiger partial charge in [0.2, 0.25) is 0 Å². The van der Waals surface area contributed by atoms with Crippen molar-refractivity contribution in [3.05, 3.63) is 0 Å². The van der Waals surface area contributed by atoms with Crippen LogP contribution in [0.15, 0.2) is 0 Å². The molecule has 0 aromatic heterocycles. The highest BCUT2D eigenvalue weighted by Gasteiger charge is 2.53. The first-order valence-electron chi connectivity index (χ1n) is 5.87. The summed E-state index contributed by atoms with van der Waals surface area (Å²) >= 11 is 0. The van der Waals surface area contributed by atoms with E-state index in [1.165, 1.54) is 25.7 Å². The Morgan fingerprint density at radius 3 is 2.47 bits per heavy atom. The molecule has 2 bridgehead atoms. The number of fused-ring (bicyclic) bond motifs is 2. The smallest absolute Gasteiger partial charge is 0.303 e. The summed E-state index contributed by atoms with van der Waals surface area (Å²) < 4.78 is 5.63. The lowest BCUT2D eigenvalue weighted by Crippen LogP contribution is -2.24. The lowest BCUT2D eigenvalue weighted by molar-refractivity contribution is -0.137. The van der Waals surface area contributed by atoms with Crippen LogP contribution in [0.4, 0.5) is 0 Å². The molecule has 0 aliphatic heterocycles. The lowest BCUT2D eigenvalue weighted by atomic mass is 9.80. The summed E-state index contributed by atoms with van der Waals surface area (Å²) in [6.07, 6.45) is 8.21. The number of hydrogen-bond acceptors (Lipinski definition) is 2. The number of carboxylic acid groups (broad SMARTS) is 1. The van der Waals surface area contributed by atoms with Gasteiger partial charge in [-0.25, -0.2) is 0 Å². The molecule has 86 valence electrons. The third-order valence-electron chi connectivity index (χ3n) is 4.45. The Kier molecular flexibility index (Phi) is 2.75. The summed E-state index contributed by atoms with van der Waals surface area (Å²) in [4.78, 5) is 10.5. The van der Waals surface area contributed by atoms with Gasteiger partial charge in [-0.1, -0.05) is 0 Å². The third kappa shape index (κ3) is 2.03. The molecule has 0 saturated heterocycles. The number of methoxy groups -OCH3 is 1. The van der Waals surface area contributed by atoms with Crippen LogP contribution in [0.25, 0.3) is 0 Å². The monoisotopic (exact) mass is 212 g/mol. The van der Waals surface area contributed by atoms with E-state index in [4.69, 9.17) is 9.84 Å². The maximum atomic E-state index is 10.5. The molecule has 3 heteroatoms. The van der Waals surface area contributed by atoms with E-state index in [1.54, 1.807) is 0 Å². The number of rotatable bonds is 5. The van der Waals surface area contributed by atoms with Crippen LogP contribution in [-0.2, 0) is 9.53 Å². The molecule has 0 radical (unpaired) electrons. The zero-order chi connectivity index (χ0) is 10.9. The SMILES string of the molecule is COC12CCC(CCCC(=O)O)(CC1)C2. The highest BCUT2D eigenvalue weighted by Crippen LogP contribution is 2.60. The van der Waals surface area contributed by atoms with Gasteiger partial charge >= 0.3 is 5.97 Å². The number of aliphatic carboxylic acids is 1. The van der Waals surface area contributed by atoms with Gasteiger partial charge in [-0.2, -0.15) is 0 Å². The highest BCUT2D eigenvalue weighted by molar-refractivity contribution is 5.66. The Morgan fingerprint density at radius 2 is 2.00 bits per heavy atom. The van der Waals surface area contributed by atoms with Crippen LogP contribution in [0.2, 0.25) is 0 Å². The fraction of sp³-hybridized carbons (Fsp3) is 0.917. The van der Waals surface area contributed by atoms with E-state index in [0.717, 1.165) is 19.3 Å². The molecule has 2 aliphatic carbocycles. The van der Waals surface area contributed by atoms with Gasteiger partial charge in [0.05, 0.1) is 5.60 Å². The van der Waals surface area contributed by atoms with Gasteiger partial charge in [0.1, 0.15) is 0 Å². The second-order valence-electron chi connectivity index (χ2n) is 5.31. The molecule has 1 N–H and O–H groups in total. The number of ether oxygens (including phenoxy) is 1. The minimum atomic E-state index is -0.666. The van der Waals surface area contributed by atoms with Crippen LogP contribution < -0.4 is 0 Å². The first kappa shape index (κ1) is 10.9. The first-order chi connectivity index (χ1) is 7.10. The third-order valence-corrected chi connectivity index (χ3v) is 4.45. The Labute approximate surface area is 90.8 Å². The lowest BCUT2D eigenvalue weighted by Gasteiger charge is -2.26. The maximum absolute atomic E-state index is 10.5. The van der Waals surface area contributed by atoms with Crippen molar-refractivity contribution in [2.24, 2.45) is 5.41 Å². The van der Waals surface area contributed by atoms with Crippen LogP contribution in [0.3, 0.4) is 0 Å². The molecular weight excluding hydrogens is 192 g/mol. The van der Waals surface area contributed by atoms with Gasteiger partial charge in [0, 0.05) is 13.5 Å². The summed E-state index contributed by atoms with van der Waals surface area (Å²) in [5, 5.41) is 8.63. The summed E-state index contributed by atoms with van der Waals surface area (Å²) in [5.74, 6) is -0.666. The molecule has 0 aromatic carbocycles. The van der Waals surface area contributed by atoms with Crippen LogP contribution in [0.1, 0.15) is 51.4 Å². The van der Waals surface area contributed by atoms with E-state index in [9.17, 15) is 4.79 Å². The van der Waals surface area contributed by atoms with Gasteiger partial charge in [-0.15, -0.1) is 0 Å². The van der Waals surface area contributed by atoms with Crippen molar-refractivity contribution < 1.29 is 14.6 Å². The minimum absolute atomic E-state index is 0.156. The van der Waals surface area contributed by atoms with Crippen molar-refractivity contribution in [3.63, 3.8) is 0 Å². The van der Waals surface area contributed by atoms with Crippen molar-refractivity contribution in [1.82, 2.24) is 0 Å². The highest BCUT2D eigenvalue weighted by atomic mass is 16.5. The first-order valence-corrected chi connectivity index (χ1v) is 5.87. The normalized spacial score (nSPS) is 38.5. The second-order valence-corrected chi connectivity index (χ2v) is 5.31. The molecule has 0 amide bonds. The quantitative estimate of drug-likeness (QED) is 0.762. The number of carbonyl (C=O) groups is 1. The fourth-order valence-corrected chi connectivity index (χ4v) is 3.50. The molecule has 0 aromatic rings. The predicted octanol–water partition coefficient (Wildman–Crippen LogP) is 2.59. The molecule has 0 unspecified atom stereocenters. The van der Waals surface area contributed by atoms with Gasteiger partial charge in [0.25, 0.3) is 0 Å². The Morgan fingerprint density at radius 1 is 1.33 bits per heavy atom. The summed E-state index contributed by atoms with van der Waals surface area (Å²) in [7, 11) is 1.82. The van der Waals surface area contributed by atoms with Crippen molar-refractivity contribution >= 4 is 5.97 Å². The van der Waals surface area contributed by atoms with Crippen LogP contribution in [0, 0.1) is 5.41 Å². The number of hydrogen-bond donors (Lipinski definition) is 1. The molecule has 0 spiro atoms. The van der Waals surface area contributed by atoms with Crippen LogP contribution in [0.5, 0.6) is 0 Å².